The molecule has 9 heteroatoms. The largest absolute Gasteiger partial charge is 0.477 e. The van der Waals surface area contributed by atoms with E-state index in [1.807, 2.05) is 25.3 Å². The number of piperazine rings is 1. The van der Waals surface area contributed by atoms with Gasteiger partial charge in [0.2, 0.25) is 5.88 Å². The number of pyridine rings is 1. The fraction of sp³-hybridized carbons (Fsp3) is 0.650. The molecule has 0 radical (unpaired) electrons. The van der Waals surface area contributed by atoms with Gasteiger partial charge < -0.3 is 24.6 Å². The number of hydrogen-bond donors (Lipinski definition) is 1. The average molecular weight is 517 g/mol. The van der Waals surface area contributed by atoms with Gasteiger partial charge in [-0.1, -0.05) is 6.07 Å². The summed E-state index contributed by atoms with van der Waals surface area (Å²) in [5, 5.41) is 3.34. The highest BCUT2D eigenvalue weighted by atomic mass is 127. The quantitative estimate of drug-likeness (QED) is 0.341. The molecule has 2 heterocycles. The Kier molecular flexibility index (Phi) is 9.75. The fourth-order valence-electron chi connectivity index (χ4n) is 2.99. The molecule has 162 valence electrons. The van der Waals surface area contributed by atoms with Crippen LogP contribution in [-0.4, -0.2) is 72.8 Å². The predicted molar refractivity (Wildman–Crippen MR) is 123 cm³/mol. The fourth-order valence-corrected chi connectivity index (χ4v) is 2.99. The van der Waals surface area contributed by atoms with E-state index in [4.69, 9.17) is 14.5 Å². The van der Waals surface area contributed by atoms with Crippen molar-refractivity contribution >= 4 is 36.0 Å². The van der Waals surface area contributed by atoms with E-state index in [2.05, 4.69) is 22.1 Å². The minimum absolute atomic E-state index is 0. The van der Waals surface area contributed by atoms with Crippen LogP contribution in [0, 0.1) is 5.92 Å². The monoisotopic (exact) mass is 517 g/mol. The number of guanidine groups is 1. The van der Waals surface area contributed by atoms with Crippen molar-refractivity contribution in [2.24, 2.45) is 10.9 Å². The van der Waals surface area contributed by atoms with E-state index in [1.165, 1.54) is 12.8 Å². The maximum atomic E-state index is 11.8. The van der Waals surface area contributed by atoms with Crippen molar-refractivity contribution in [2.45, 2.75) is 33.2 Å². The lowest BCUT2D eigenvalue weighted by atomic mass is 10.3. The van der Waals surface area contributed by atoms with E-state index in [1.54, 1.807) is 4.90 Å². The number of nitrogens with zero attached hydrogens (tertiary/aromatic N) is 4. The van der Waals surface area contributed by atoms with Crippen molar-refractivity contribution in [3.63, 3.8) is 0 Å². The maximum Gasteiger partial charge on any atom is 0.409 e. The summed E-state index contributed by atoms with van der Waals surface area (Å²) in [7, 11) is 0. The van der Waals surface area contributed by atoms with Gasteiger partial charge in [-0.3, -0.25) is 0 Å². The molecule has 1 aliphatic heterocycles. The van der Waals surface area contributed by atoms with Gasteiger partial charge in [-0.15, -0.1) is 24.0 Å². The molecule has 3 rings (SSSR count). The van der Waals surface area contributed by atoms with Crippen molar-refractivity contribution in [1.29, 1.82) is 0 Å². The third kappa shape index (κ3) is 7.52. The molecule has 0 atom stereocenters. The standard InChI is InChI=1S/C20H31N5O3.HI/c1-3-21-19(24-9-11-25(12-10-24)20(26)27-4-2)23-14-17-7-8-18(22-13-17)28-15-16-5-6-16;/h7-8,13,16H,3-6,9-12,14-15H2,1-2H3,(H,21,23);1H. The van der Waals surface area contributed by atoms with Crippen molar-refractivity contribution in [3.05, 3.63) is 23.9 Å². The highest BCUT2D eigenvalue weighted by molar-refractivity contribution is 14.0. The highest BCUT2D eigenvalue weighted by Gasteiger charge is 2.24. The second-order valence-corrected chi connectivity index (χ2v) is 7.10. The van der Waals surface area contributed by atoms with Gasteiger partial charge in [-0.2, -0.15) is 0 Å². The molecule has 1 saturated carbocycles. The summed E-state index contributed by atoms with van der Waals surface area (Å²) in [4.78, 5) is 24.9. The normalized spacial score (nSPS) is 16.8. The number of carbonyl (C=O) groups excluding carboxylic acids is 1. The van der Waals surface area contributed by atoms with Crippen molar-refractivity contribution in [3.8, 4) is 5.88 Å². The molecule has 0 unspecified atom stereocenters. The Morgan fingerprint density at radius 1 is 1.21 bits per heavy atom. The lowest BCUT2D eigenvalue weighted by Gasteiger charge is -2.35. The molecule has 1 aromatic rings. The van der Waals surface area contributed by atoms with Crippen LogP contribution >= 0.6 is 24.0 Å². The van der Waals surface area contributed by atoms with Crippen LogP contribution in [0.5, 0.6) is 5.88 Å². The van der Waals surface area contributed by atoms with Crippen molar-refractivity contribution < 1.29 is 14.3 Å². The number of rotatable bonds is 7. The van der Waals surface area contributed by atoms with Gasteiger partial charge in [0.05, 0.1) is 19.8 Å². The zero-order valence-electron chi connectivity index (χ0n) is 17.3. The number of halogens is 1. The lowest BCUT2D eigenvalue weighted by Crippen LogP contribution is -2.53. The Morgan fingerprint density at radius 2 is 1.93 bits per heavy atom. The van der Waals surface area contributed by atoms with E-state index in [9.17, 15) is 4.79 Å². The summed E-state index contributed by atoms with van der Waals surface area (Å²) in [5.41, 5.74) is 1.04. The first-order valence-electron chi connectivity index (χ1n) is 10.2. The number of carbonyl (C=O) groups is 1. The van der Waals surface area contributed by atoms with Crippen molar-refractivity contribution in [1.82, 2.24) is 20.1 Å². The van der Waals surface area contributed by atoms with Crippen LogP contribution < -0.4 is 10.1 Å². The lowest BCUT2D eigenvalue weighted by molar-refractivity contribution is 0.0914. The molecule has 0 bridgehead atoms. The SMILES string of the molecule is CCNC(=NCc1ccc(OCC2CC2)nc1)N1CCN(C(=O)OCC)CC1.I. The summed E-state index contributed by atoms with van der Waals surface area (Å²) in [6.07, 6.45) is 4.13. The van der Waals surface area contributed by atoms with E-state index in [0.717, 1.165) is 43.7 Å². The Labute approximate surface area is 190 Å². The predicted octanol–water partition coefficient (Wildman–Crippen LogP) is 2.73. The van der Waals surface area contributed by atoms with Crippen LogP contribution in [0.1, 0.15) is 32.3 Å². The second-order valence-electron chi connectivity index (χ2n) is 7.10. The minimum atomic E-state index is -0.237. The summed E-state index contributed by atoms with van der Waals surface area (Å²) < 4.78 is 10.8. The van der Waals surface area contributed by atoms with E-state index >= 15 is 0 Å². The number of nitrogens with one attached hydrogen (secondary N) is 1. The maximum absolute atomic E-state index is 11.8. The second kappa shape index (κ2) is 12.0. The summed E-state index contributed by atoms with van der Waals surface area (Å²) in [6.45, 7) is 9.14. The molecule has 1 aromatic heterocycles. The summed E-state index contributed by atoms with van der Waals surface area (Å²) in [6, 6.07) is 3.93. The Bertz CT molecular complexity index is 659. The first-order chi connectivity index (χ1) is 13.7. The van der Waals surface area contributed by atoms with Gasteiger partial charge in [0.15, 0.2) is 5.96 Å². The van der Waals surface area contributed by atoms with Gasteiger partial charge in [0.25, 0.3) is 0 Å². The van der Waals surface area contributed by atoms with E-state index in [-0.39, 0.29) is 30.1 Å². The van der Waals surface area contributed by atoms with Gasteiger partial charge in [-0.25, -0.2) is 14.8 Å². The zero-order chi connectivity index (χ0) is 19.8. The van der Waals surface area contributed by atoms with Crippen LogP contribution in [0.3, 0.4) is 0 Å². The first kappa shape index (κ1) is 23.5. The first-order valence-corrected chi connectivity index (χ1v) is 10.2. The molecule has 8 nitrogen and oxygen atoms in total. The number of hydrogen-bond acceptors (Lipinski definition) is 5. The zero-order valence-corrected chi connectivity index (χ0v) is 19.6. The Hall–Kier alpha value is -1.78. The molecular weight excluding hydrogens is 485 g/mol. The van der Waals surface area contributed by atoms with E-state index in [0.29, 0.717) is 32.1 Å². The van der Waals surface area contributed by atoms with Crippen LogP contribution in [-0.2, 0) is 11.3 Å². The van der Waals surface area contributed by atoms with Crippen LogP contribution in [0.25, 0.3) is 0 Å². The van der Waals surface area contributed by atoms with Gasteiger partial charge in [0, 0.05) is 45.0 Å². The number of ether oxygens (including phenoxy) is 2. The number of aliphatic imine (C=N–C) groups is 1. The minimum Gasteiger partial charge on any atom is -0.477 e. The van der Waals surface area contributed by atoms with E-state index < -0.39 is 0 Å². The Balaban J connectivity index is 0.00000300. The smallest absolute Gasteiger partial charge is 0.409 e. The molecule has 1 amide bonds. The summed E-state index contributed by atoms with van der Waals surface area (Å²) >= 11 is 0. The van der Waals surface area contributed by atoms with Crippen LogP contribution in [0.15, 0.2) is 23.3 Å². The molecule has 2 fully saturated rings. The molecule has 2 aliphatic rings. The van der Waals surface area contributed by atoms with Crippen LogP contribution in [0.2, 0.25) is 0 Å². The molecule has 1 saturated heterocycles. The van der Waals surface area contributed by atoms with Gasteiger partial charge in [0.1, 0.15) is 0 Å². The third-order valence-electron chi connectivity index (χ3n) is 4.81. The molecule has 1 N–H and O–H groups in total. The Morgan fingerprint density at radius 3 is 2.52 bits per heavy atom. The number of amides is 1. The number of aromatic nitrogens is 1. The van der Waals surface area contributed by atoms with Crippen LogP contribution in [0.4, 0.5) is 4.79 Å². The average Bonchev–Trinajstić information content (AvgIpc) is 3.55. The topological polar surface area (TPSA) is 79.3 Å². The molecular formula is C20H32IN5O3. The van der Waals surface area contributed by atoms with Gasteiger partial charge >= 0.3 is 6.09 Å². The van der Waals surface area contributed by atoms with Crippen molar-refractivity contribution in [2.75, 3.05) is 45.9 Å². The molecule has 1 aliphatic carbocycles. The third-order valence-corrected chi connectivity index (χ3v) is 4.81. The molecule has 0 spiro atoms. The highest BCUT2D eigenvalue weighted by Crippen LogP contribution is 2.29. The van der Waals surface area contributed by atoms with Gasteiger partial charge in [-0.05, 0) is 38.2 Å². The summed E-state index contributed by atoms with van der Waals surface area (Å²) in [5.74, 6) is 2.26. The molecule has 29 heavy (non-hydrogen) atoms. The molecule has 0 aromatic carbocycles.